The maximum absolute atomic E-state index is 13.3. The van der Waals surface area contributed by atoms with Gasteiger partial charge in [0.15, 0.2) is 0 Å². The molecule has 5 heteroatoms. The predicted octanol–water partition coefficient (Wildman–Crippen LogP) is 1.69. The van der Waals surface area contributed by atoms with Crippen molar-refractivity contribution < 1.29 is 19.1 Å². The summed E-state index contributed by atoms with van der Waals surface area (Å²) in [4.78, 5) is 23.3. The number of halogens is 1. The highest BCUT2D eigenvalue weighted by Crippen LogP contribution is 2.08. The van der Waals surface area contributed by atoms with E-state index in [0.29, 0.717) is 18.5 Å². The topological polar surface area (TPSA) is 57.6 Å². The minimum atomic E-state index is -0.995. The number of nitrogens with zero attached hydrogens (tertiary/aromatic N) is 1. The van der Waals surface area contributed by atoms with Crippen molar-refractivity contribution in [2.24, 2.45) is 0 Å². The number of hydrogen-bond donors (Lipinski definition) is 1. The first kappa shape index (κ1) is 14.2. The number of aliphatic carboxylic acids is 1. The van der Waals surface area contributed by atoms with Crippen molar-refractivity contribution in [1.82, 2.24) is 4.90 Å². The van der Waals surface area contributed by atoms with E-state index in [1.165, 1.54) is 11.0 Å². The normalized spacial score (nSPS) is 10.1. The van der Waals surface area contributed by atoms with Gasteiger partial charge in [-0.05, 0) is 18.1 Å². The van der Waals surface area contributed by atoms with E-state index in [1.54, 1.807) is 25.2 Å². The van der Waals surface area contributed by atoms with Gasteiger partial charge in [-0.25, -0.2) is 4.39 Å². The third-order valence-electron chi connectivity index (χ3n) is 2.65. The Kier molecular flexibility index (Phi) is 5.30. The molecule has 0 aliphatic carbocycles. The van der Waals surface area contributed by atoms with E-state index in [0.717, 1.165) is 0 Å². The summed E-state index contributed by atoms with van der Waals surface area (Å²) in [6.07, 6.45) is 0.216. The number of carbonyl (C=O) groups is 2. The smallest absolute Gasteiger partial charge is 0.303 e. The van der Waals surface area contributed by atoms with E-state index in [4.69, 9.17) is 5.11 Å². The van der Waals surface area contributed by atoms with Gasteiger partial charge in [0.25, 0.3) is 0 Å². The molecule has 1 amide bonds. The summed E-state index contributed by atoms with van der Waals surface area (Å²) in [6, 6.07) is 6.40. The van der Waals surface area contributed by atoms with Crippen LogP contribution in [-0.4, -0.2) is 35.5 Å². The second kappa shape index (κ2) is 6.74. The summed E-state index contributed by atoms with van der Waals surface area (Å²) < 4.78 is 13.3. The molecule has 1 aromatic rings. The monoisotopic (exact) mass is 253 g/mol. The largest absolute Gasteiger partial charge is 0.481 e. The van der Waals surface area contributed by atoms with E-state index in [-0.39, 0.29) is 24.6 Å². The minimum absolute atomic E-state index is 0.0247. The first-order chi connectivity index (χ1) is 8.50. The zero-order valence-corrected chi connectivity index (χ0v) is 10.2. The van der Waals surface area contributed by atoms with Crippen molar-refractivity contribution in [3.63, 3.8) is 0 Å². The summed E-state index contributed by atoms with van der Waals surface area (Å²) in [5.41, 5.74) is 0.551. The Hall–Kier alpha value is -1.91. The van der Waals surface area contributed by atoms with Crippen molar-refractivity contribution in [3.8, 4) is 0 Å². The number of likely N-dealkylation sites (N-methyl/N-ethyl adjacent to an activating group) is 1. The molecule has 4 nitrogen and oxygen atoms in total. The van der Waals surface area contributed by atoms with Crippen LogP contribution in [0.15, 0.2) is 24.3 Å². The number of carboxylic acid groups (broad SMARTS) is 1. The maximum Gasteiger partial charge on any atom is 0.303 e. The molecule has 0 aromatic heterocycles. The SMILES string of the molecule is CN(CCc1ccccc1F)C(=O)CCC(=O)O. The van der Waals surface area contributed by atoms with Crippen LogP contribution in [0.3, 0.4) is 0 Å². The van der Waals surface area contributed by atoms with E-state index in [9.17, 15) is 14.0 Å². The number of rotatable bonds is 6. The molecule has 0 unspecified atom stereocenters. The van der Waals surface area contributed by atoms with Crippen molar-refractivity contribution in [2.45, 2.75) is 19.3 Å². The third-order valence-corrected chi connectivity index (χ3v) is 2.65. The Bertz CT molecular complexity index is 434. The number of carboxylic acids is 1. The molecule has 0 aliphatic heterocycles. The molecule has 0 aliphatic rings. The average Bonchev–Trinajstić information content (AvgIpc) is 2.34. The van der Waals surface area contributed by atoms with Gasteiger partial charge < -0.3 is 10.0 Å². The van der Waals surface area contributed by atoms with Crippen molar-refractivity contribution in [3.05, 3.63) is 35.6 Å². The molecule has 1 aromatic carbocycles. The summed E-state index contributed by atoms with van der Waals surface area (Å²) in [7, 11) is 1.59. The van der Waals surface area contributed by atoms with Gasteiger partial charge in [-0.2, -0.15) is 0 Å². The summed E-state index contributed by atoms with van der Waals surface area (Å²) in [5.74, 6) is -1.52. The highest BCUT2D eigenvalue weighted by Gasteiger charge is 2.11. The van der Waals surface area contributed by atoms with Gasteiger partial charge in [-0.15, -0.1) is 0 Å². The highest BCUT2D eigenvalue weighted by atomic mass is 19.1. The third kappa shape index (κ3) is 4.53. The number of benzene rings is 1. The Morgan fingerprint density at radius 1 is 1.28 bits per heavy atom. The number of amides is 1. The molecular formula is C13H16FNO3. The lowest BCUT2D eigenvalue weighted by Gasteiger charge is -2.16. The van der Waals surface area contributed by atoms with Crippen LogP contribution in [0.25, 0.3) is 0 Å². The fraction of sp³-hybridized carbons (Fsp3) is 0.385. The zero-order valence-electron chi connectivity index (χ0n) is 10.2. The lowest BCUT2D eigenvalue weighted by Crippen LogP contribution is -2.29. The first-order valence-electron chi connectivity index (χ1n) is 5.70. The van der Waals surface area contributed by atoms with Crippen molar-refractivity contribution >= 4 is 11.9 Å². The Morgan fingerprint density at radius 3 is 2.56 bits per heavy atom. The summed E-state index contributed by atoms with van der Waals surface area (Å²) in [6.45, 7) is 0.374. The van der Waals surface area contributed by atoms with Crippen LogP contribution in [0.5, 0.6) is 0 Å². The van der Waals surface area contributed by atoms with Gasteiger partial charge in [0.1, 0.15) is 5.82 Å². The lowest BCUT2D eigenvalue weighted by molar-refractivity contribution is -0.140. The van der Waals surface area contributed by atoms with E-state index < -0.39 is 5.97 Å². The van der Waals surface area contributed by atoms with Crippen LogP contribution in [0.4, 0.5) is 4.39 Å². The maximum atomic E-state index is 13.3. The zero-order chi connectivity index (χ0) is 13.5. The van der Waals surface area contributed by atoms with Crippen LogP contribution in [0.1, 0.15) is 18.4 Å². The molecule has 18 heavy (non-hydrogen) atoms. The molecule has 98 valence electrons. The average molecular weight is 253 g/mol. The molecule has 0 fully saturated rings. The molecule has 0 heterocycles. The highest BCUT2D eigenvalue weighted by molar-refractivity contribution is 5.80. The van der Waals surface area contributed by atoms with Gasteiger partial charge in [-0.1, -0.05) is 18.2 Å². The minimum Gasteiger partial charge on any atom is -0.481 e. The molecule has 1 rings (SSSR count). The van der Waals surface area contributed by atoms with Gasteiger partial charge in [0, 0.05) is 20.0 Å². The quantitative estimate of drug-likeness (QED) is 0.839. The second-order valence-corrected chi connectivity index (χ2v) is 4.05. The Labute approximate surface area is 105 Å². The van der Waals surface area contributed by atoms with E-state index in [1.807, 2.05) is 0 Å². The molecule has 0 spiro atoms. The van der Waals surface area contributed by atoms with E-state index in [2.05, 4.69) is 0 Å². The summed E-state index contributed by atoms with van der Waals surface area (Å²) >= 11 is 0. The van der Waals surface area contributed by atoms with Crippen molar-refractivity contribution in [1.29, 1.82) is 0 Å². The van der Waals surface area contributed by atoms with Crippen LogP contribution >= 0.6 is 0 Å². The molecule has 1 N–H and O–H groups in total. The number of hydrogen-bond acceptors (Lipinski definition) is 2. The van der Waals surface area contributed by atoms with Crippen LogP contribution in [0, 0.1) is 5.82 Å². The van der Waals surface area contributed by atoms with Crippen LogP contribution in [0.2, 0.25) is 0 Å². The first-order valence-corrected chi connectivity index (χ1v) is 5.70. The Morgan fingerprint density at radius 2 is 1.94 bits per heavy atom. The number of carbonyl (C=O) groups excluding carboxylic acids is 1. The van der Waals surface area contributed by atoms with Crippen LogP contribution in [-0.2, 0) is 16.0 Å². The summed E-state index contributed by atoms with van der Waals surface area (Å²) in [5, 5.41) is 8.47. The second-order valence-electron chi connectivity index (χ2n) is 4.05. The molecule has 0 saturated carbocycles. The van der Waals surface area contributed by atoms with Crippen molar-refractivity contribution in [2.75, 3.05) is 13.6 Å². The lowest BCUT2D eigenvalue weighted by atomic mass is 10.1. The van der Waals surface area contributed by atoms with Gasteiger partial charge in [-0.3, -0.25) is 9.59 Å². The molecule has 0 atom stereocenters. The molecule has 0 saturated heterocycles. The molecule has 0 bridgehead atoms. The van der Waals surface area contributed by atoms with Gasteiger partial charge >= 0.3 is 5.97 Å². The van der Waals surface area contributed by atoms with E-state index >= 15 is 0 Å². The van der Waals surface area contributed by atoms with Gasteiger partial charge in [0.05, 0.1) is 6.42 Å². The Balaban J connectivity index is 2.41. The predicted molar refractivity (Wildman–Crippen MR) is 64.6 cm³/mol. The standard InChI is InChI=1S/C13H16FNO3/c1-15(12(16)6-7-13(17)18)9-8-10-4-2-3-5-11(10)14/h2-5H,6-9H2,1H3,(H,17,18). The van der Waals surface area contributed by atoms with Crippen LogP contribution < -0.4 is 0 Å². The van der Waals surface area contributed by atoms with Gasteiger partial charge in [0.2, 0.25) is 5.91 Å². The molecule has 0 radical (unpaired) electrons. The fourth-order valence-electron chi connectivity index (χ4n) is 1.52. The fourth-order valence-corrected chi connectivity index (χ4v) is 1.52. The molecular weight excluding hydrogens is 237 g/mol.